The maximum absolute atomic E-state index is 14.6. The van der Waals surface area contributed by atoms with E-state index < -0.39 is 78.2 Å². The Morgan fingerprint density at radius 3 is 2.29 bits per heavy atom. The van der Waals surface area contributed by atoms with Crippen molar-refractivity contribution in [2.75, 3.05) is 6.61 Å². The molecule has 2 saturated heterocycles. The summed E-state index contributed by atoms with van der Waals surface area (Å²) in [5, 5.41) is 26.2. The van der Waals surface area contributed by atoms with Crippen molar-refractivity contribution in [2.24, 2.45) is 17.3 Å². The number of ether oxygens (including phenoxy) is 5. The number of aliphatic hydroxyl groups excluding tert-OH is 2. The van der Waals surface area contributed by atoms with E-state index in [0.29, 0.717) is 30.2 Å². The van der Waals surface area contributed by atoms with Gasteiger partial charge < -0.3 is 44.5 Å². The lowest BCUT2D eigenvalue weighted by atomic mass is 9.52. The molecule has 13 heteroatoms. The average molecular weight is 921 g/mol. The number of fused-ring (bicyclic) bond motifs is 3. The Morgan fingerprint density at radius 1 is 0.955 bits per heavy atom. The molecule has 10 atom stereocenters. The largest absolute Gasteiger partial charge is 0.460 e. The van der Waals surface area contributed by atoms with Crippen molar-refractivity contribution < 1.29 is 53.1 Å². The first kappa shape index (κ1) is 51.8. The van der Waals surface area contributed by atoms with Gasteiger partial charge in [0.15, 0.2) is 5.79 Å². The summed E-state index contributed by atoms with van der Waals surface area (Å²) in [5.41, 5.74) is 2.30. The van der Waals surface area contributed by atoms with Gasteiger partial charge in [0, 0.05) is 31.3 Å². The summed E-state index contributed by atoms with van der Waals surface area (Å²) in [4.78, 5) is 54.8. The Labute approximate surface area is 393 Å². The Balaban J connectivity index is 1.24. The standard InChI is InChI=1S/C53H80N2O11/c1-10-12-16-25-53(26-17-13-11-2)63-42-30-36(47(59)55-45(33(3)57)48(60)54-37(32-56)21-23-44(58)65-50(4,5)6)29-41(46(42)66-53)62-49(61)38-19-15-14-18-34(38)28-35-20-22-43-52(9,64-43)27-24-40-39(35)31-51(40,7)8/h14-15,18-19,28,30,33,37,39-43,45-46,56-57H,10-13,16-17,20-27,29,31-32H2,1-9H3,(H,54,60)(H,55,59). The third kappa shape index (κ3) is 12.9. The highest BCUT2D eigenvalue weighted by Gasteiger charge is 2.56. The maximum atomic E-state index is 14.6. The first-order valence-corrected chi connectivity index (χ1v) is 25.1. The summed E-state index contributed by atoms with van der Waals surface area (Å²) >= 11 is 0. The lowest BCUT2D eigenvalue weighted by Gasteiger charge is -2.53. The highest BCUT2D eigenvalue weighted by atomic mass is 16.8. The van der Waals surface area contributed by atoms with Crippen molar-refractivity contribution in [1.29, 1.82) is 0 Å². The summed E-state index contributed by atoms with van der Waals surface area (Å²) in [6, 6.07) is 5.30. The van der Waals surface area contributed by atoms with E-state index in [1.54, 1.807) is 32.9 Å². The lowest BCUT2D eigenvalue weighted by Crippen LogP contribution is -2.55. The van der Waals surface area contributed by atoms with Crippen molar-refractivity contribution in [3.63, 3.8) is 0 Å². The van der Waals surface area contributed by atoms with Crippen LogP contribution < -0.4 is 10.6 Å². The number of rotatable bonds is 20. The van der Waals surface area contributed by atoms with Crippen molar-refractivity contribution in [3.8, 4) is 0 Å². The monoisotopic (exact) mass is 921 g/mol. The van der Waals surface area contributed by atoms with Gasteiger partial charge in [0.25, 0.3) is 0 Å². The Morgan fingerprint density at radius 2 is 1.65 bits per heavy atom. The van der Waals surface area contributed by atoms with Gasteiger partial charge >= 0.3 is 11.9 Å². The molecular formula is C53H80N2O11. The van der Waals surface area contributed by atoms with Crippen LogP contribution in [0.3, 0.4) is 0 Å². The number of hydrogen-bond acceptors (Lipinski definition) is 11. The molecule has 368 valence electrons. The van der Waals surface area contributed by atoms with Crippen LogP contribution in [-0.4, -0.2) is 100 Å². The smallest absolute Gasteiger partial charge is 0.339 e. The molecule has 6 rings (SSSR count). The number of unbranched alkanes of at least 4 members (excludes halogenated alkanes) is 4. The number of benzene rings is 1. The summed E-state index contributed by atoms with van der Waals surface area (Å²) in [6.07, 6.45) is 12.8. The molecule has 13 nitrogen and oxygen atoms in total. The summed E-state index contributed by atoms with van der Waals surface area (Å²) < 4.78 is 31.8. The van der Waals surface area contributed by atoms with Crippen LogP contribution in [0.1, 0.15) is 181 Å². The molecule has 5 aliphatic rings. The number of carbonyl (C=O) groups excluding carboxylic acids is 4. The van der Waals surface area contributed by atoms with Crippen LogP contribution in [0.2, 0.25) is 0 Å². The third-order valence-electron chi connectivity index (χ3n) is 14.7. The molecule has 1 aromatic carbocycles. The predicted molar refractivity (Wildman–Crippen MR) is 252 cm³/mol. The van der Waals surface area contributed by atoms with Crippen molar-refractivity contribution in [2.45, 2.75) is 225 Å². The third-order valence-corrected chi connectivity index (χ3v) is 14.7. The second kappa shape index (κ2) is 21.8. The van der Waals surface area contributed by atoms with E-state index in [9.17, 15) is 29.4 Å². The topological polar surface area (TPSA) is 182 Å². The van der Waals surface area contributed by atoms with Gasteiger partial charge in [-0.15, -0.1) is 0 Å². The van der Waals surface area contributed by atoms with E-state index >= 15 is 0 Å². The molecule has 3 aliphatic carbocycles. The van der Waals surface area contributed by atoms with E-state index in [0.717, 1.165) is 76.2 Å². The van der Waals surface area contributed by atoms with Gasteiger partial charge in [0.05, 0.1) is 36.0 Å². The molecule has 4 fully saturated rings. The highest BCUT2D eigenvalue weighted by molar-refractivity contribution is 5.98. The number of hydrogen-bond donors (Lipinski definition) is 4. The molecule has 2 saturated carbocycles. The van der Waals surface area contributed by atoms with Gasteiger partial charge in [0.2, 0.25) is 11.8 Å². The first-order chi connectivity index (χ1) is 31.2. The van der Waals surface area contributed by atoms with Gasteiger partial charge in [0.1, 0.15) is 30.0 Å². The number of nitrogens with one attached hydrogen (secondary N) is 2. The minimum atomic E-state index is -1.41. The fraction of sp³-hybridized carbons (Fsp3) is 0.736. The number of aliphatic hydroxyl groups is 2. The number of allylic oxidation sites excluding steroid dienone is 1. The molecule has 2 amide bonds. The van der Waals surface area contributed by atoms with Crippen molar-refractivity contribution in [1.82, 2.24) is 10.6 Å². The Bertz CT molecular complexity index is 1920. The molecule has 1 aromatic rings. The zero-order valence-electron chi connectivity index (χ0n) is 41.2. The summed E-state index contributed by atoms with van der Waals surface area (Å²) in [6.45, 7) is 17.4. The summed E-state index contributed by atoms with van der Waals surface area (Å²) in [5.74, 6) is -2.33. The average Bonchev–Trinajstić information content (AvgIpc) is 3.73. The fourth-order valence-corrected chi connectivity index (χ4v) is 10.8. The van der Waals surface area contributed by atoms with E-state index in [1.165, 1.54) is 12.5 Å². The van der Waals surface area contributed by atoms with E-state index in [4.69, 9.17) is 23.7 Å². The molecule has 4 N–H and O–H groups in total. The van der Waals surface area contributed by atoms with Crippen LogP contribution in [0.15, 0.2) is 41.5 Å². The first-order valence-electron chi connectivity index (χ1n) is 25.1. The van der Waals surface area contributed by atoms with Crippen LogP contribution in [-0.2, 0) is 38.1 Å². The number of amides is 2. The normalized spacial score (nSPS) is 29.4. The van der Waals surface area contributed by atoms with Crippen LogP contribution in [0.4, 0.5) is 0 Å². The minimum absolute atomic E-state index is 0.0202. The summed E-state index contributed by atoms with van der Waals surface area (Å²) in [7, 11) is 0. The second-order valence-corrected chi connectivity index (χ2v) is 21.7. The zero-order valence-corrected chi connectivity index (χ0v) is 41.2. The molecule has 0 aromatic heterocycles. The maximum Gasteiger partial charge on any atom is 0.339 e. The van der Waals surface area contributed by atoms with Gasteiger partial charge in [-0.1, -0.05) is 83.2 Å². The SMILES string of the molecule is CCCCCC1(CCCCC)OC2C=C(C(=O)NC(C(=O)NC(CO)CCC(=O)OC(C)(C)C)C(C)O)CC(OC(=O)c3ccccc3C=C3CCC4OC4(C)CCC4C3CC4(C)C)C2O1. The molecular weight excluding hydrogens is 841 g/mol. The van der Waals surface area contributed by atoms with Crippen LogP contribution in [0, 0.1) is 17.3 Å². The zero-order chi connectivity index (χ0) is 48.0. The molecule has 0 radical (unpaired) electrons. The van der Waals surface area contributed by atoms with Gasteiger partial charge in [-0.3, -0.25) is 14.4 Å². The highest BCUT2D eigenvalue weighted by Crippen LogP contribution is 2.60. The van der Waals surface area contributed by atoms with E-state index in [-0.39, 0.29) is 42.0 Å². The van der Waals surface area contributed by atoms with Crippen LogP contribution in [0.5, 0.6) is 0 Å². The van der Waals surface area contributed by atoms with Crippen molar-refractivity contribution >= 4 is 29.8 Å². The second-order valence-electron chi connectivity index (χ2n) is 21.7. The molecule has 10 unspecified atom stereocenters. The quantitative estimate of drug-likeness (QED) is 0.0560. The predicted octanol–water partition coefficient (Wildman–Crippen LogP) is 8.42. The Kier molecular flexibility index (Phi) is 17.1. The van der Waals surface area contributed by atoms with Crippen molar-refractivity contribution in [3.05, 3.63) is 52.6 Å². The molecule has 2 aliphatic heterocycles. The molecule has 66 heavy (non-hydrogen) atoms. The van der Waals surface area contributed by atoms with E-state index in [1.807, 2.05) is 18.2 Å². The Hall–Kier alpha value is -3.62. The number of carbonyl (C=O) groups is 4. The van der Waals surface area contributed by atoms with Gasteiger partial charge in [-0.05, 0) is 121 Å². The fourth-order valence-electron chi connectivity index (χ4n) is 10.8. The van der Waals surface area contributed by atoms with Crippen LogP contribution in [0.25, 0.3) is 6.08 Å². The molecule has 0 spiro atoms. The number of epoxide rings is 1. The number of esters is 2. The van der Waals surface area contributed by atoms with Gasteiger partial charge in [-0.2, -0.15) is 0 Å². The molecule has 0 bridgehead atoms. The minimum Gasteiger partial charge on any atom is -0.460 e. The molecule has 2 heterocycles. The van der Waals surface area contributed by atoms with Gasteiger partial charge in [-0.25, -0.2) is 4.79 Å². The van der Waals surface area contributed by atoms with Crippen LogP contribution >= 0.6 is 0 Å². The lowest BCUT2D eigenvalue weighted by molar-refractivity contribution is -0.190. The van der Waals surface area contributed by atoms with E-state index in [2.05, 4.69) is 51.3 Å².